The molecule has 0 unspecified atom stereocenters. The second-order valence-electron chi connectivity index (χ2n) is 5.29. The van der Waals surface area contributed by atoms with Crippen molar-refractivity contribution in [3.05, 3.63) is 57.9 Å². The van der Waals surface area contributed by atoms with E-state index in [-0.39, 0.29) is 16.6 Å². The normalized spacial score (nSPS) is 10.4. The lowest BCUT2D eigenvalue weighted by Crippen LogP contribution is -2.22. The third kappa shape index (κ3) is 4.25. The summed E-state index contributed by atoms with van der Waals surface area (Å²) < 4.78 is 10.4. The summed E-state index contributed by atoms with van der Waals surface area (Å²) in [6.45, 7) is 2.06. The molecule has 0 aliphatic carbocycles. The van der Waals surface area contributed by atoms with Crippen LogP contribution in [0, 0.1) is 6.92 Å². The van der Waals surface area contributed by atoms with Crippen LogP contribution in [0.5, 0.6) is 5.75 Å². The Balaban J connectivity index is 1.58. The van der Waals surface area contributed by atoms with E-state index in [1.807, 2.05) is 13.0 Å². The van der Waals surface area contributed by atoms with Gasteiger partial charge in [-0.15, -0.1) is 10.2 Å². The molecular weight excluding hydrogens is 356 g/mol. The molecule has 2 amide bonds. The van der Waals surface area contributed by atoms with E-state index in [2.05, 4.69) is 20.8 Å². The number of nitrogens with one attached hydrogen (secondary N) is 2. The zero-order chi connectivity index (χ0) is 18.5. The molecular formula is C17H16N4O4S. The molecule has 0 saturated heterocycles. The minimum absolute atomic E-state index is 0.0970. The van der Waals surface area contributed by atoms with Gasteiger partial charge in [0, 0.05) is 5.69 Å². The Hall–Kier alpha value is -3.20. The summed E-state index contributed by atoms with van der Waals surface area (Å²) >= 11 is 0.915. The maximum atomic E-state index is 12.2. The predicted octanol–water partition coefficient (Wildman–Crippen LogP) is 2.63. The van der Waals surface area contributed by atoms with E-state index in [1.165, 1.54) is 0 Å². The Morgan fingerprint density at radius 3 is 2.38 bits per heavy atom. The predicted molar refractivity (Wildman–Crippen MR) is 95.5 cm³/mol. The fourth-order valence-corrected chi connectivity index (χ4v) is 2.74. The summed E-state index contributed by atoms with van der Waals surface area (Å²) in [4.78, 5) is 24.3. The maximum absolute atomic E-state index is 12.2. The third-order valence-corrected chi connectivity index (χ3v) is 4.30. The number of amides is 2. The zero-order valence-corrected chi connectivity index (χ0v) is 14.9. The van der Waals surface area contributed by atoms with Crippen LogP contribution in [0.25, 0.3) is 0 Å². The lowest BCUT2D eigenvalue weighted by Gasteiger charge is -2.03. The lowest BCUT2D eigenvalue weighted by atomic mass is 10.3. The molecule has 3 aromatic rings. The van der Waals surface area contributed by atoms with Gasteiger partial charge in [-0.25, -0.2) is 0 Å². The number of hydrogen-bond acceptors (Lipinski definition) is 7. The molecule has 0 saturated carbocycles. The fraction of sp³-hybridized carbons (Fsp3) is 0.176. The molecule has 0 aliphatic rings. The molecule has 0 atom stereocenters. The molecule has 26 heavy (non-hydrogen) atoms. The Labute approximate surface area is 153 Å². The van der Waals surface area contributed by atoms with Crippen LogP contribution in [-0.2, 0) is 6.54 Å². The SMILES string of the molecule is COc1ccc(NC(=O)c2nnc(C(=O)NCc3ccc(C)o3)s2)cc1. The van der Waals surface area contributed by atoms with Gasteiger partial charge in [0.1, 0.15) is 17.3 Å². The van der Waals surface area contributed by atoms with E-state index in [4.69, 9.17) is 9.15 Å². The number of nitrogens with zero attached hydrogens (tertiary/aromatic N) is 2. The second kappa shape index (κ2) is 7.79. The second-order valence-corrected chi connectivity index (χ2v) is 6.27. The average Bonchev–Trinajstić information content (AvgIpc) is 3.29. The van der Waals surface area contributed by atoms with Crippen molar-refractivity contribution in [2.45, 2.75) is 13.5 Å². The molecule has 0 radical (unpaired) electrons. The number of methoxy groups -OCH3 is 1. The number of anilines is 1. The summed E-state index contributed by atoms with van der Waals surface area (Å²) in [5.41, 5.74) is 0.588. The van der Waals surface area contributed by atoms with Gasteiger partial charge in [0.15, 0.2) is 0 Å². The molecule has 2 aromatic heterocycles. The van der Waals surface area contributed by atoms with Gasteiger partial charge in [-0.3, -0.25) is 9.59 Å². The van der Waals surface area contributed by atoms with Gasteiger partial charge in [0.2, 0.25) is 10.0 Å². The minimum Gasteiger partial charge on any atom is -0.497 e. The van der Waals surface area contributed by atoms with Crippen molar-refractivity contribution in [2.75, 3.05) is 12.4 Å². The van der Waals surface area contributed by atoms with Crippen LogP contribution >= 0.6 is 11.3 Å². The average molecular weight is 372 g/mol. The van der Waals surface area contributed by atoms with Gasteiger partial charge in [-0.1, -0.05) is 11.3 Å². The van der Waals surface area contributed by atoms with Crippen LogP contribution in [0.3, 0.4) is 0 Å². The molecule has 0 aliphatic heterocycles. The van der Waals surface area contributed by atoms with Gasteiger partial charge in [-0.05, 0) is 43.3 Å². The molecule has 8 nitrogen and oxygen atoms in total. The van der Waals surface area contributed by atoms with Gasteiger partial charge >= 0.3 is 0 Å². The summed E-state index contributed by atoms with van der Waals surface area (Å²) in [7, 11) is 1.56. The summed E-state index contributed by atoms with van der Waals surface area (Å²) in [6, 6.07) is 10.5. The van der Waals surface area contributed by atoms with Crippen molar-refractivity contribution < 1.29 is 18.7 Å². The van der Waals surface area contributed by atoms with Crippen LogP contribution in [0.1, 0.15) is 31.1 Å². The molecule has 2 heterocycles. The number of carbonyl (C=O) groups is 2. The largest absolute Gasteiger partial charge is 0.497 e. The molecule has 9 heteroatoms. The highest BCUT2D eigenvalue weighted by atomic mass is 32.1. The maximum Gasteiger partial charge on any atom is 0.286 e. The van der Waals surface area contributed by atoms with Crippen molar-refractivity contribution in [1.82, 2.24) is 15.5 Å². The Morgan fingerprint density at radius 1 is 1.08 bits per heavy atom. The van der Waals surface area contributed by atoms with E-state index in [0.717, 1.165) is 17.1 Å². The Kier molecular flexibility index (Phi) is 5.28. The first-order valence-corrected chi connectivity index (χ1v) is 8.49. The quantitative estimate of drug-likeness (QED) is 0.689. The number of carbonyl (C=O) groups excluding carboxylic acids is 2. The molecule has 0 fully saturated rings. The molecule has 0 bridgehead atoms. The fourth-order valence-electron chi connectivity index (χ4n) is 2.09. The number of ether oxygens (including phenoxy) is 1. The smallest absolute Gasteiger partial charge is 0.286 e. The Bertz CT molecular complexity index is 917. The summed E-state index contributed by atoms with van der Waals surface area (Å²) in [5, 5.41) is 13.1. The molecule has 134 valence electrons. The molecule has 0 spiro atoms. The standard InChI is InChI=1S/C17H16N4O4S/c1-10-3-6-13(25-10)9-18-14(22)16-20-21-17(26-16)15(23)19-11-4-7-12(24-2)8-5-11/h3-8H,9H2,1-2H3,(H,18,22)(H,19,23). The van der Waals surface area contributed by atoms with Gasteiger partial charge in [0.25, 0.3) is 11.8 Å². The first-order chi connectivity index (χ1) is 12.5. The first-order valence-electron chi connectivity index (χ1n) is 7.67. The van der Waals surface area contributed by atoms with E-state index >= 15 is 0 Å². The van der Waals surface area contributed by atoms with Crippen molar-refractivity contribution in [1.29, 1.82) is 0 Å². The van der Waals surface area contributed by atoms with Crippen LogP contribution in [0.4, 0.5) is 5.69 Å². The zero-order valence-electron chi connectivity index (χ0n) is 14.1. The van der Waals surface area contributed by atoms with Crippen LogP contribution in [0.15, 0.2) is 40.8 Å². The number of furan rings is 1. The van der Waals surface area contributed by atoms with E-state index < -0.39 is 11.8 Å². The van der Waals surface area contributed by atoms with E-state index in [1.54, 1.807) is 37.4 Å². The number of aryl methyl sites for hydroxylation is 1. The van der Waals surface area contributed by atoms with Gasteiger partial charge in [0.05, 0.1) is 13.7 Å². The van der Waals surface area contributed by atoms with Crippen molar-refractivity contribution in [3.63, 3.8) is 0 Å². The van der Waals surface area contributed by atoms with Crippen LogP contribution in [-0.4, -0.2) is 29.1 Å². The first kappa shape index (κ1) is 17.6. The number of benzene rings is 1. The van der Waals surface area contributed by atoms with Crippen LogP contribution in [0.2, 0.25) is 0 Å². The summed E-state index contributed by atoms with van der Waals surface area (Å²) in [6.07, 6.45) is 0. The molecule has 2 N–H and O–H groups in total. The number of aromatic nitrogens is 2. The molecule has 3 rings (SSSR count). The van der Waals surface area contributed by atoms with E-state index in [9.17, 15) is 9.59 Å². The minimum atomic E-state index is -0.437. The van der Waals surface area contributed by atoms with Crippen molar-refractivity contribution >= 4 is 28.8 Å². The highest BCUT2D eigenvalue weighted by Crippen LogP contribution is 2.17. The summed E-state index contributed by atoms with van der Waals surface area (Å²) in [5.74, 6) is 1.23. The van der Waals surface area contributed by atoms with E-state index in [0.29, 0.717) is 17.2 Å². The van der Waals surface area contributed by atoms with Crippen molar-refractivity contribution in [3.8, 4) is 5.75 Å². The van der Waals surface area contributed by atoms with Crippen molar-refractivity contribution in [2.24, 2.45) is 0 Å². The highest BCUT2D eigenvalue weighted by Gasteiger charge is 2.18. The number of rotatable bonds is 6. The third-order valence-electron chi connectivity index (χ3n) is 3.38. The topological polar surface area (TPSA) is 106 Å². The number of hydrogen-bond donors (Lipinski definition) is 2. The van der Waals surface area contributed by atoms with Crippen LogP contribution < -0.4 is 15.4 Å². The lowest BCUT2D eigenvalue weighted by molar-refractivity contribution is 0.0945. The highest BCUT2D eigenvalue weighted by molar-refractivity contribution is 7.15. The monoisotopic (exact) mass is 372 g/mol. The Morgan fingerprint density at radius 2 is 1.77 bits per heavy atom. The van der Waals surface area contributed by atoms with Gasteiger partial charge < -0.3 is 19.8 Å². The van der Waals surface area contributed by atoms with Gasteiger partial charge in [-0.2, -0.15) is 0 Å². The molecule has 1 aromatic carbocycles.